The molecule has 0 aliphatic carbocycles. The number of halogens is 3. The molecule has 4 nitrogen and oxygen atoms in total. The van der Waals surface area contributed by atoms with Crippen molar-refractivity contribution in [2.24, 2.45) is 5.92 Å². The third-order valence-electron chi connectivity index (χ3n) is 4.19. The fourth-order valence-electron chi connectivity index (χ4n) is 2.78. The third-order valence-corrected chi connectivity index (χ3v) is 4.19. The molecule has 7 heteroatoms. The molecule has 0 saturated carbocycles. The highest BCUT2D eigenvalue weighted by atomic mass is 19.4. The van der Waals surface area contributed by atoms with Gasteiger partial charge in [0.15, 0.2) is 6.61 Å². The first kappa shape index (κ1) is 18.6. The summed E-state index contributed by atoms with van der Waals surface area (Å²) in [4.78, 5) is 12.1. The van der Waals surface area contributed by atoms with Crippen LogP contribution in [0.5, 0.6) is 5.75 Å². The van der Waals surface area contributed by atoms with Gasteiger partial charge in [-0.25, -0.2) is 0 Å². The highest BCUT2D eigenvalue weighted by molar-refractivity contribution is 5.91. The summed E-state index contributed by atoms with van der Waals surface area (Å²) in [6.07, 6.45) is -0.991. The van der Waals surface area contributed by atoms with Crippen molar-refractivity contribution in [3.63, 3.8) is 0 Å². The Balaban J connectivity index is 1.87. The number of anilines is 1. The summed E-state index contributed by atoms with van der Waals surface area (Å²) < 4.78 is 41.6. The second kappa shape index (κ2) is 8.37. The predicted octanol–water partition coefficient (Wildman–Crippen LogP) is 3.65. The van der Waals surface area contributed by atoms with Gasteiger partial charge in [0.2, 0.25) is 5.91 Å². The van der Waals surface area contributed by atoms with Gasteiger partial charge in [-0.15, -0.1) is 0 Å². The largest absolute Gasteiger partial charge is 0.484 e. The Morgan fingerprint density at radius 2 is 2.04 bits per heavy atom. The van der Waals surface area contributed by atoms with E-state index in [0.29, 0.717) is 23.6 Å². The number of benzene rings is 1. The van der Waals surface area contributed by atoms with Gasteiger partial charge in [-0.05, 0) is 57.3 Å². The van der Waals surface area contributed by atoms with Crippen LogP contribution in [0.2, 0.25) is 0 Å². The lowest BCUT2D eigenvalue weighted by molar-refractivity contribution is -0.153. The zero-order chi connectivity index (χ0) is 17.6. The minimum absolute atomic E-state index is 0.121. The Bertz CT molecular complexity index is 555. The summed E-state index contributed by atoms with van der Waals surface area (Å²) >= 11 is 0. The number of nitrogens with one attached hydrogen (secondary N) is 2. The Morgan fingerprint density at radius 3 is 2.71 bits per heavy atom. The first-order valence-electron chi connectivity index (χ1n) is 8.15. The topological polar surface area (TPSA) is 50.4 Å². The second-order valence-corrected chi connectivity index (χ2v) is 6.11. The van der Waals surface area contributed by atoms with E-state index >= 15 is 0 Å². The number of carbonyl (C=O) groups excluding carboxylic acids is 1. The van der Waals surface area contributed by atoms with Crippen molar-refractivity contribution in [3.8, 4) is 5.75 Å². The maximum Gasteiger partial charge on any atom is 0.422 e. The molecule has 0 unspecified atom stereocenters. The van der Waals surface area contributed by atoms with Crippen LogP contribution in [0.4, 0.5) is 18.9 Å². The van der Waals surface area contributed by atoms with Crippen molar-refractivity contribution < 1.29 is 22.7 Å². The van der Waals surface area contributed by atoms with E-state index in [1.165, 1.54) is 6.07 Å². The molecule has 0 radical (unpaired) electrons. The van der Waals surface area contributed by atoms with E-state index in [-0.39, 0.29) is 11.7 Å². The Kier molecular flexibility index (Phi) is 6.48. The normalized spacial score (nSPS) is 16.0. The summed E-state index contributed by atoms with van der Waals surface area (Å²) in [5, 5.41) is 6.06. The molecule has 2 N–H and O–H groups in total. The van der Waals surface area contributed by atoms with Crippen LogP contribution < -0.4 is 15.4 Å². The highest BCUT2D eigenvalue weighted by Gasteiger charge is 2.28. The maximum absolute atomic E-state index is 12.3. The number of piperidine rings is 1. The molecule has 24 heavy (non-hydrogen) atoms. The lowest BCUT2D eigenvalue weighted by atomic mass is 9.93. The predicted molar refractivity (Wildman–Crippen MR) is 86.2 cm³/mol. The van der Waals surface area contributed by atoms with Crippen LogP contribution in [-0.2, 0) is 4.79 Å². The van der Waals surface area contributed by atoms with Crippen molar-refractivity contribution >= 4 is 11.6 Å². The van der Waals surface area contributed by atoms with Crippen molar-refractivity contribution in [2.75, 3.05) is 25.0 Å². The molecule has 134 valence electrons. The maximum atomic E-state index is 12.3. The fourth-order valence-corrected chi connectivity index (χ4v) is 2.78. The number of amides is 1. The summed E-state index contributed by atoms with van der Waals surface area (Å²) in [6, 6.07) is 4.70. The van der Waals surface area contributed by atoms with E-state index in [4.69, 9.17) is 4.74 Å². The standard InChI is InChI=1S/C17H23F3N2O2/c1-12-14(3-2-4-15(12)24-11-17(18,19)20)22-16(23)6-5-13-7-9-21-10-8-13/h2-4,13,21H,5-11H2,1H3,(H,22,23). The van der Waals surface area contributed by atoms with Gasteiger partial charge in [0.1, 0.15) is 5.75 Å². The molecular formula is C17H23F3N2O2. The third kappa shape index (κ3) is 6.03. The van der Waals surface area contributed by atoms with Crippen LogP contribution in [-0.4, -0.2) is 31.8 Å². The average Bonchev–Trinajstić information content (AvgIpc) is 2.54. The van der Waals surface area contributed by atoms with E-state index in [9.17, 15) is 18.0 Å². The smallest absolute Gasteiger partial charge is 0.422 e. The van der Waals surface area contributed by atoms with Crippen molar-refractivity contribution in [3.05, 3.63) is 23.8 Å². The van der Waals surface area contributed by atoms with Crippen LogP contribution in [0, 0.1) is 12.8 Å². The fraction of sp³-hybridized carbons (Fsp3) is 0.588. The van der Waals surface area contributed by atoms with Gasteiger partial charge in [-0.2, -0.15) is 13.2 Å². The Morgan fingerprint density at radius 1 is 1.33 bits per heavy atom. The van der Waals surface area contributed by atoms with Gasteiger partial charge < -0.3 is 15.4 Å². The first-order valence-corrected chi connectivity index (χ1v) is 8.15. The lowest BCUT2D eigenvalue weighted by Crippen LogP contribution is -2.28. The summed E-state index contributed by atoms with van der Waals surface area (Å²) in [6.45, 7) is 2.27. The van der Waals surface area contributed by atoms with Crippen LogP contribution >= 0.6 is 0 Å². The quantitative estimate of drug-likeness (QED) is 0.828. The zero-order valence-electron chi connectivity index (χ0n) is 13.7. The molecule has 0 spiro atoms. The van der Waals surface area contributed by atoms with Crippen molar-refractivity contribution in [2.45, 2.75) is 38.8 Å². The van der Waals surface area contributed by atoms with Crippen LogP contribution in [0.15, 0.2) is 18.2 Å². The van der Waals surface area contributed by atoms with E-state index in [1.54, 1.807) is 19.1 Å². The molecule has 0 aromatic heterocycles. The van der Waals surface area contributed by atoms with E-state index in [0.717, 1.165) is 32.4 Å². The van der Waals surface area contributed by atoms with Gasteiger partial charge in [0.05, 0.1) is 0 Å². The van der Waals surface area contributed by atoms with E-state index in [1.807, 2.05) is 0 Å². The lowest BCUT2D eigenvalue weighted by Gasteiger charge is -2.22. The molecule has 1 fully saturated rings. The van der Waals surface area contributed by atoms with Crippen LogP contribution in [0.25, 0.3) is 0 Å². The molecule has 1 heterocycles. The summed E-state index contributed by atoms with van der Waals surface area (Å²) in [5.74, 6) is 0.563. The summed E-state index contributed by atoms with van der Waals surface area (Å²) in [5.41, 5.74) is 0.988. The molecule has 1 aliphatic heterocycles. The molecule has 1 aliphatic rings. The number of hydrogen-bond donors (Lipinski definition) is 2. The minimum atomic E-state index is -4.39. The molecule has 1 aromatic carbocycles. The molecule has 2 rings (SSSR count). The SMILES string of the molecule is Cc1c(NC(=O)CCC2CCNCC2)cccc1OCC(F)(F)F. The highest BCUT2D eigenvalue weighted by Crippen LogP contribution is 2.28. The van der Waals surface area contributed by atoms with Gasteiger partial charge in [-0.1, -0.05) is 6.07 Å². The average molecular weight is 344 g/mol. The molecular weight excluding hydrogens is 321 g/mol. The Hall–Kier alpha value is -1.76. The number of rotatable bonds is 6. The zero-order valence-corrected chi connectivity index (χ0v) is 13.7. The second-order valence-electron chi connectivity index (χ2n) is 6.11. The molecule has 0 bridgehead atoms. The molecule has 0 atom stereocenters. The number of hydrogen-bond acceptors (Lipinski definition) is 3. The van der Waals surface area contributed by atoms with Crippen molar-refractivity contribution in [1.82, 2.24) is 5.32 Å². The minimum Gasteiger partial charge on any atom is -0.484 e. The van der Waals surface area contributed by atoms with Crippen LogP contribution in [0.3, 0.4) is 0 Å². The molecule has 1 amide bonds. The molecule has 1 saturated heterocycles. The summed E-state index contributed by atoms with van der Waals surface area (Å²) in [7, 11) is 0. The van der Waals surface area contributed by atoms with Gasteiger partial charge >= 0.3 is 6.18 Å². The van der Waals surface area contributed by atoms with E-state index in [2.05, 4.69) is 10.6 Å². The number of ether oxygens (including phenoxy) is 1. The van der Waals surface area contributed by atoms with E-state index < -0.39 is 12.8 Å². The van der Waals surface area contributed by atoms with Gasteiger partial charge in [0.25, 0.3) is 0 Å². The monoisotopic (exact) mass is 344 g/mol. The number of alkyl halides is 3. The van der Waals surface area contributed by atoms with Gasteiger partial charge in [0, 0.05) is 17.7 Å². The van der Waals surface area contributed by atoms with Crippen molar-refractivity contribution in [1.29, 1.82) is 0 Å². The van der Waals surface area contributed by atoms with Gasteiger partial charge in [-0.3, -0.25) is 4.79 Å². The van der Waals surface area contributed by atoms with Crippen LogP contribution in [0.1, 0.15) is 31.2 Å². The first-order chi connectivity index (χ1) is 11.3. The number of carbonyl (C=O) groups is 1. The molecule has 1 aromatic rings. The Labute approximate surface area is 139 Å².